The smallest absolute Gasteiger partial charge is 0.391 e. The van der Waals surface area contributed by atoms with Crippen molar-refractivity contribution in [1.29, 1.82) is 0 Å². The van der Waals surface area contributed by atoms with Crippen LogP contribution < -0.4 is 5.73 Å². The van der Waals surface area contributed by atoms with Crippen LogP contribution in [0.2, 0.25) is 0 Å². The van der Waals surface area contributed by atoms with Gasteiger partial charge in [-0.15, -0.1) is 12.4 Å². The second kappa shape index (κ2) is 7.12. The number of nitrogens with two attached hydrogens (primary N) is 1. The highest BCUT2D eigenvalue weighted by Crippen LogP contribution is 2.31. The summed E-state index contributed by atoms with van der Waals surface area (Å²) in [5, 5.41) is 9.83. The molecule has 1 aromatic carbocycles. The van der Waals surface area contributed by atoms with Crippen LogP contribution in [0.1, 0.15) is 37.4 Å². The van der Waals surface area contributed by atoms with Crippen LogP contribution in [-0.4, -0.2) is 11.2 Å². The van der Waals surface area contributed by atoms with E-state index in [1.165, 1.54) is 12.1 Å². The van der Waals surface area contributed by atoms with E-state index in [2.05, 4.69) is 0 Å². The molecule has 0 aliphatic carbocycles. The number of rotatable bonds is 4. The first-order chi connectivity index (χ1) is 8.21. The monoisotopic (exact) mass is 297 g/mol. The third kappa shape index (κ3) is 5.38. The fourth-order valence-corrected chi connectivity index (χ4v) is 1.77. The average molecular weight is 298 g/mol. The Morgan fingerprint density at radius 2 is 1.84 bits per heavy atom. The molecule has 110 valence electrons. The van der Waals surface area contributed by atoms with E-state index in [1.54, 1.807) is 0 Å². The zero-order chi connectivity index (χ0) is 13.9. The summed E-state index contributed by atoms with van der Waals surface area (Å²) in [7, 11) is 0. The molecule has 3 N–H and O–H groups in total. The van der Waals surface area contributed by atoms with E-state index in [1.807, 2.05) is 13.8 Å². The van der Waals surface area contributed by atoms with Gasteiger partial charge in [-0.1, -0.05) is 26.0 Å². The van der Waals surface area contributed by atoms with Gasteiger partial charge in [0.1, 0.15) is 0 Å². The van der Waals surface area contributed by atoms with Crippen molar-refractivity contribution in [2.45, 2.75) is 38.6 Å². The second-order valence-corrected chi connectivity index (χ2v) is 4.85. The van der Waals surface area contributed by atoms with Gasteiger partial charge in [-0.2, -0.15) is 13.2 Å². The van der Waals surface area contributed by atoms with Crippen LogP contribution in [0.15, 0.2) is 24.3 Å². The molecule has 1 rings (SSSR count). The van der Waals surface area contributed by atoms with Gasteiger partial charge in [-0.25, -0.2) is 0 Å². The van der Waals surface area contributed by atoms with Gasteiger partial charge < -0.3 is 10.8 Å². The zero-order valence-corrected chi connectivity index (χ0v) is 11.6. The highest BCUT2D eigenvalue weighted by molar-refractivity contribution is 5.85. The fourth-order valence-electron chi connectivity index (χ4n) is 1.77. The normalized spacial score (nSPS) is 14.9. The van der Waals surface area contributed by atoms with E-state index in [-0.39, 0.29) is 18.3 Å². The average Bonchev–Trinajstić information content (AvgIpc) is 2.26. The van der Waals surface area contributed by atoms with Gasteiger partial charge in [0.25, 0.3) is 0 Å². The molecule has 0 amide bonds. The van der Waals surface area contributed by atoms with Crippen LogP contribution in [0, 0.1) is 5.92 Å². The number of halogens is 4. The van der Waals surface area contributed by atoms with Gasteiger partial charge in [0, 0.05) is 0 Å². The SMILES string of the molecule is CC(C)C[C@@H](O)[C@@H](N)c1cccc(C(F)(F)F)c1.Cl. The zero-order valence-electron chi connectivity index (χ0n) is 10.8. The topological polar surface area (TPSA) is 46.2 Å². The molecule has 0 saturated carbocycles. The first-order valence-electron chi connectivity index (χ1n) is 5.82. The van der Waals surface area contributed by atoms with Gasteiger partial charge in [0.05, 0.1) is 17.7 Å². The van der Waals surface area contributed by atoms with Crippen LogP contribution in [0.3, 0.4) is 0 Å². The van der Waals surface area contributed by atoms with E-state index in [0.29, 0.717) is 12.0 Å². The van der Waals surface area contributed by atoms with Gasteiger partial charge in [0.2, 0.25) is 0 Å². The molecule has 0 heterocycles. The standard InChI is InChI=1S/C13H18F3NO.ClH/c1-8(2)6-11(18)12(17)9-4-3-5-10(7-9)13(14,15)16;/h3-5,7-8,11-12,18H,6,17H2,1-2H3;1H/t11-,12+;/m1./s1. The van der Waals surface area contributed by atoms with Crippen molar-refractivity contribution in [3.8, 4) is 0 Å². The van der Waals surface area contributed by atoms with Gasteiger partial charge in [-0.3, -0.25) is 0 Å². The lowest BCUT2D eigenvalue weighted by molar-refractivity contribution is -0.137. The maximum atomic E-state index is 12.5. The number of alkyl halides is 3. The molecule has 2 atom stereocenters. The second-order valence-electron chi connectivity index (χ2n) is 4.85. The van der Waals surface area contributed by atoms with E-state index >= 15 is 0 Å². The maximum absolute atomic E-state index is 12.5. The third-order valence-corrected chi connectivity index (χ3v) is 2.73. The third-order valence-electron chi connectivity index (χ3n) is 2.73. The molecule has 0 aliphatic heterocycles. The molecule has 0 unspecified atom stereocenters. The minimum Gasteiger partial charge on any atom is -0.391 e. The van der Waals surface area contributed by atoms with Crippen LogP contribution in [0.25, 0.3) is 0 Å². The molecule has 0 spiro atoms. The Morgan fingerprint density at radius 3 is 2.32 bits per heavy atom. The Bertz CT molecular complexity index is 396. The van der Waals surface area contributed by atoms with Gasteiger partial charge in [0.15, 0.2) is 0 Å². The lowest BCUT2D eigenvalue weighted by Crippen LogP contribution is -2.27. The molecular weight excluding hydrogens is 279 g/mol. The number of benzene rings is 1. The summed E-state index contributed by atoms with van der Waals surface area (Å²) in [5.74, 6) is 0.233. The van der Waals surface area contributed by atoms with E-state index in [0.717, 1.165) is 12.1 Å². The predicted molar refractivity (Wildman–Crippen MR) is 71.1 cm³/mol. The van der Waals surface area contributed by atoms with Gasteiger partial charge >= 0.3 is 6.18 Å². The maximum Gasteiger partial charge on any atom is 0.416 e. The van der Waals surface area contributed by atoms with Crippen molar-refractivity contribution < 1.29 is 18.3 Å². The first kappa shape index (κ1) is 18.2. The summed E-state index contributed by atoms with van der Waals surface area (Å²) in [6, 6.07) is 4.00. The van der Waals surface area contributed by atoms with Crippen LogP contribution in [0.5, 0.6) is 0 Å². The minimum absolute atomic E-state index is 0. The Balaban J connectivity index is 0.00000324. The Hall–Kier alpha value is -0.780. The molecular formula is C13H19ClF3NO. The van der Waals surface area contributed by atoms with Crippen molar-refractivity contribution in [2.75, 3.05) is 0 Å². The predicted octanol–water partition coefficient (Wildman–Crippen LogP) is 3.53. The summed E-state index contributed by atoms with van der Waals surface area (Å²) in [5.41, 5.74) is 5.34. The molecule has 19 heavy (non-hydrogen) atoms. The molecule has 0 fully saturated rings. The van der Waals surface area contributed by atoms with Crippen LogP contribution >= 0.6 is 12.4 Å². The van der Waals surface area contributed by atoms with Gasteiger partial charge in [-0.05, 0) is 30.0 Å². The minimum atomic E-state index is -4.39. The molecule has 1 aromatic rings. The quantitative estimate of drug-likeness (QED) is 0.893. The van der Waals surface area contributed by atoms with Crippen molar-refractivity contribution >= 4 is 12.4 Å². The van der Waals surface area contributed by atoms with E-state index < -0.39 is 23.9 Å². The molecule has 0 bridgehead atoms. The molecule has 2 nitrogen and oxygen atoms in total. The Morgan fingerprint density at radius 1 is 1.26 bits per heavy atom. The van der Waals surface area contributed by atoms with Crippen molar-refractivity contribution in [2.24, 2.45) is 11.7 Å². The number of hydrogen-bond donors (Lipinski definition) is 2. The largest absolute Gasteiger partial charge is 0.416 e. The number of aliphatic hydroxyl groups is 1. The summed E-state index contributed by atoms with van der Waals surface area (Å²) < 4.78 is 37.6. The Kier molecular flexibility index (Phi) is 6.83. The lowest BCUT2D eigenvalue weighted by atomic mass is 9.94. The summed E-state index contributed by atoms with van der Waals surface area (Å²) in [6.45, 7) is 3.84. The van der Waals surface area contributed by atoms with E-state index in [4.69, 9.17) is 5.73 Å². The summed E-state index contributed by atoms with van der Waals surface area (Å²) >= 11 is 0. The fraction of sp³-hybridized carbons (Fsp3) is 0.538. The van der Waals surface area contributed by atoms with Crippen molar-refractivity contribution in [3.63, 3.8) is 0 Å². The highest BCUT2D eigenvalue weighted by atomic mass is 35.5. The Labute approximate surface area is 117 Å². The highest BCUT2D eigenvalue weighted by Gasteiger charge is 2.31. The molecule has 0 saturated heterocycles. The molecule has 0 aliphatic rings. The van der Waals surface area contributed by atoms with Crippen molar-refractivity contribution in [1.82, 2.24) is 0 Å². The van der Waals surface area contributed by atoms with Crippen LogP contribution in [0.4, 0.5) is 13.2 Å². The van der Waals surface area contributed by atoms with Crippen molar-refractivity contribution in [3.05, 3.63) is 35.4 Å². The lowest BCUT2D eigenvalue weighted by Gasteiger charge is -2.21. The molecule has 0 radical (unpaired) electrons. The molecule has 6 heteroatoms. The summed E-state index contributed by atoms with van der Waals surface area (Å²) in [4.78, 5) is 0. The summed E-state index contributed by atoms with van der Waals surface area (Å²) in [6.07, 6.45) is -4.77. The first-order valence-corrected chi connectivity index (χ1v) is 5.82. The van der Waals surface area contributed by atoms with E-state index in [9.17, 15) is 18.3 Å². The number of aliphatic hydroxyl groups excluding tert-OH is 1. The molecule has 0 aromatic heterocycles. The van der Waals surface area contributed by atoms with Crippen LogP contribution in [-0.2, 0) is 6.18 Å². The number of hydrogen-bond acceptors (Lipinski definition) is 2.